The van der Waals surface area contributed by atoms with Crippen LogP contribution in [0.3, 0.4) is 0 Å². The molecule has 1 atom stereocenters. The number of carbonyl (C=O) groups excluding carboxylic acids is 1. The number of benzene rings is 1. The van der Waals surface area contributed by atoms with Crippen LogP contribution in [0.5, 0.6) is 0 Å². The van der Waals surface area contributed by atoms with E-state index in [1.54, 1.807) is 0 Å². The molecule has 1 amide bonds. The lowest BCUT2D eigenvalue weighted by Crippen LogP contribution is -2.16. The molecule has 98 valence electrons. The number of non-ortho nitro benzene ring substituents is 1. The molecule has 0 saturated heterocycles. The van der Waals surface area contributed by atoms with Crippen molar-refractivity contribution in [3.8, 4) is 0 Å². The Kier molecular flexibility index (Phi) is 5.60. The number of thioether (sulfide) groups is 1. The average molecular weight is 270 g/mol. The van der Waals surface area contributed by atoms with Crippen molar-refractivity contribution in [3.05, 3.63) is 34.4 Å². The molecule has 1 rings (SSSR count). The molecule has 0 aromatic heterocycles. The van der Waals surface area contributed by atoms with E-state index in [-0.39, 0.29) is 29.2 Å². The summed E-state index contributed by atoms with van der Waals surface area (Å²) >= 11 is 1.34. The van der Waals surface area contributed by atoms with Crippen LogP contribution in [0.4, 0.5) is 11.4 Å². The third-order valence-corrected chi connectivity index (χ3v) is 3.26. The van der Waals surface area contributed by atoms with Gasteiger partial charge >= 0.3 is 0 Å². The number of carbonyl (C=O) groups is 1. The highest BCUT2D eigenvalue weighted by molar-refractivity contribution is 8.00. The van der Waals surface area contributed by atoms with Gasteiger partial charge in [-0.1, -0.05) is 6.92 Å². The summed E-state index contributed by atoms with van der Waals surface area (Å²) < 4.78 is 0. The quantitative estimate of drug-likeness (QED) is 0.605. The Hall–Kier alpha value is -1.60. The van der Waals surface area contributed by atoms with Crippen LogP contribution in [0.15, 0.2) is 24.3 Å². The van der Waals surface area contributed by atoms with Crippen molar-refractivity contribution < 1.29 is 14.8 Å². The summed E-state index contributed by atoms with van der Waals surface area (Å²) in [5, 5.41) is 21.9. The van der Waals surface area contributed by atoms with Gasteiger partial charge in [-0.25, -0.2) is 0 Å². The zero-order valence-electron chi connectivity index (χ0n) is 9.83. The first-order valence-corrected chi connectivity index (χ1v) is 6.34. The van der Waals surface area contributed by atoms with Gasteiger partial charge in [-0.2, -0.15) is 0 Å². The van der Waals surface area contributed by atoms with Crippen molar-refractivity contribution in [2.24, 2.45) is 0 Å². The van der Waals surface area contributed by atoms with Gasteiger partial charge in [0.15, 0.2) is 0 Å². The first-order valence-electron chi connectivity index (χ1n) is 5.29. The Balaban J connectivity index is 2.47. The Bertz CT molecular complexity index is 422. The molecular formula is C11H14N2O4S. The van der Waals surface area contributed by atoms with Crippen molar-refractivity contribution in [1.82, 2.24) is 0 Å². The van der Waals surface area contributed by atoms with Gasteiger partial charge in [0, 0.05) is 23.1 Å². The fraction of sp³-hybridized carbons (Fsp3) is 0.364. The Labute approximate surface area is 109 Å². The molecule has 1 unspecified atom stereocenters. The number of anilines is 1. The first kappa shape index (κ1) is 14.5. The molecule has 2 N–H and O–H groups in total. The summed E-state index contributed by atoms with van der Waals surface area (Å²) in [7, 11) is 0. The number of nitro benzene ring substituents is 1. The highest BCUT2D eigenvalue weighted by Crippen LogP contribution is 2.16. The van der Waals surface area contributed by atoms with Gasteiger partial charge in [0.25, 0.3) is 5.69 Å². The van der Waals surface area contributed by atoms with Gasteiger partial charge in [-0.15, -0.1) is 11.8 Å². The second-order valence-corrected chi connectivity index (χ2v) is 5.08. The summed E-state index contributed by atoms with van der Waals surface area (Å²) in [5.41, 5.74) is 0.499. The fourth-order valence-electron chi connectivity index (χ4n) is 1.13. The predicted molar refractivity (Wildman–Crippen MR) is 70.7 cm³/mol. The lowest BCUT2D eigenvalue weighted by atomic mass is 10.3. The maximum atomic E-state index is 11.5. The number of nitrogens with zero attached hydrogens (tertiary/aromatic N) is 1. The zero-order valence-corrected chi connectivity index (χ0v) is 10.6. The molecule has 6 nitrogen and oxygen atoms in total. The number of hydrogen-bond donors (Lipinski definition) is 2. The molecule has 0 heterocycles. The predicted octanol–water partition coefficient (Wildman–Crippen LogP) is 1.65. The molecule has 0 spiro atoms. The number of rotatable bonds is 6. The van der Waals surface area contributed by atoms with E-state index in [4.69, 9.17) is 5.11 Å². The van der Waals surface area contributed by atoms with E-state index < -0.39 is 4.92 Å². The van der Waals surface area contributed by atoms with Crippen LogP contribution in [0.1, 0.15) is 6.92 Å². The maximum absolute atomic E-state index is 11.5. The van der Waals surface area contributed by atoms with Gasteiger partial charge in [0.05, 0.1) is 17.3 Å². The standard InChI is InChI=1S/C11H14N2O4S/c1-8(6-14)18-7-11(15)12-9-2-4-10(5-3-9)13(16)17/h2-5,8,14H,6-7H2,1H3,(H,12,15). The number of aliphatic hydroxyl groups is 1. The molecule has 0 radical (unpaired) electrons. The van der Waals surface area contributed by atoms with E-state index >= 15 is 0 Å². The third kappa shape index (κ3) is 4.72. The van der Waals surface area contributed by atoms with Gasteiger partial charge in [0.2, 0.25) is 5.91 Å². The van der Waals surface area contributed by atoms with Gasteiger partial charge < -0.3 is 10.4 Å². The van der Waals surface area contributed by atoms with E-state index in [1.807, 2.05) is 6.92 Å². The van der Waals surface area contributed by atoms with E-state index in [2.05, 4.69) is 5.32 Å². The van der Waals surface area contributed by atoms with Crippen molar-refractivity contribution >= 4 is 29.0 Å². The summed E-state index contributed by atoms with van der Waals surface area (Å²) in [6.07, 6.45) is 0. The highest BCUT2D eigenvalue weighted by atomic mass is 32.2. The summed E-state index contributed by atoms with van der Waals surface area (Å²) in [6.45, 7) is 1.85. The minimum absolute atomic E-state index is 0.00705. The monoisotopic (exact) mass is 270 g/mol. The van der Waals surface area contributed by atoms with Crippen LogP contribution in [0.2, 0.25) is 0 Å². The zero-order chi connectivity index (χ0) is 13.5. The molecular weight excluding hydrogens is 256 g/mol. The highest BCUT2D eigenvalue weighted by Gasteiger charge is 2.08. The van der Waals surface area contributed by atoms with Crippen LogP contribution < -0.4 is 5.32 Å². The van der Waals surface area contributed by atoms with Crippen molar-refractivity contribution in [1.29, 1.82) is 0 Å². The van der Waals surface area contributed by atoms with Crippen molar-refractivity contribution in [2.45, 2.75) is 12.2 Å². The topological polar surface area (TPSA) is 92.5 Å². The molecule has 0 aliphatic heterocycles. The van der Waals surface area contributed by atoms with Crippen molar-refractivity contribution in [2.75, 3.05) is 17.7 Å². The van der Waals surface area contributed by atoms with Crippen LogP contribution in [0.25, 0.3) is 0 Å². The summed E-state index contributed by atoms with van der Waals surface area (Å²) in [6, 6.07) is 5.63. The second-order valence-electron chi connectivity index (χ2n) is 3.66. The smallest absolute Gasteiger partial charge is 0.269 e. The summed E-state index contributed by atoms with van der Waals surface area (Å²) in [4.78, 5) is 21.4. The second kappa shape index (κ2) is 6.97. The third-order valence-electron chi connectivity index (χ3n) is 2.12. The summed E-state index contributed by atoms with van der Waals surface area (Å²) in [5.74, 6) is 0.0350. The SMILES string of the molecule is CC(CO)SCC(=O)Nc1ccc([N+](=O)[O-])cc1. The average Bonchev–Trinajstić information content (AvgIpc) is 2.36. The van der Waals surface area contributed by atoms with E-state index in [1.165, 1.54) is 36.0 Å². The molecule has 0 bridgehead atoms. The van der Waals surface area contributed by atoms with Crippen LogP contribution in [0, 0.1) is 10.1 Å². The number of hydrogen-bond acceptors (Lipinski definition) is 5. The molecule has 0 fully saturated rings. The minimum Gasteiger partial charge on any atom is -0.395 e. The van der Waals surface area contributed by atoms with Crippen molar-refractivity contribution in [3.63, 3.8) is 0 Å². The maximum Gasteiger partial charge on any atom is 0.269 e. The van der Waals surface area contributed by atoms with E-state index in [0.29, 0.717) is 5.69 Å². The normalized spacial score (nSPS) is 11.9. The lowest BCUT2D eigenvalue weighted by molar-refractivity contribution is -0.384. The lowest BCUT2D eigenvalue weighted by Gasteiger charge is -2.08. The van der Waals surface area contributed by atoms with Gasteiger partial charge in [-0.05, 0) is 12.1 Å². The van der Waals surface area contributed by atoms with E-state index in [9.17, 15) is 14.9 Å². The molecule has 0 saturated carbocycles. The molecule has 0 aliphatic carbocycles. The number of aliphatic hydroxyl groups excluding tert-OH is 1. The molecule has 1 aromatic carbocycles. The minimum atomic E-state index is -0.496. The van der Waals surface area contributed by atoms with Crippen LogP contribution in [-0.4, -0.2) is 33.5 Å². The van der Waals surface area contributed by atoms with Crippen LogP contribution >= 0.6 is 11.8 Å². The number of amides is 1. The molecule has 18 heavy (non-hydrogen) atoms. The Morgan fingerprint density at radius 3 is 2.61 bits per heavy atom. The molecule has 7 heteroatoms. The van der Waals surface area contributed by atoms with Crippen LogP contribution in [-0.2, 0) is 4.79 Å². The van der Waals surface area contributed by atoms with E-state index in [0.717, 1.165) is 0 Å². The first-order chi connectivity index (χ1) is 8.52. The van der Waals surface area contributed by atoms with Gasteiger partial charge in [-0.3, -0.25) is 14.9 Å². The molecule has 1 aromatic rings. The largest absolute Gasteiger partial charge is 0.395 e. The number of nitrogens with one attached hydrogen (secondary N) is 1. The molecule has 0 aliphatic rings. The number of nitro groups is 1. The Morgan fingerprint density at radius 2 is 2.11 bits per heavy atom. The van der Waals surface area contributed by atoms with Gasteiger partial charge in [0.1, 0.15) is 0 Å². The fourth-order valence-corrected chi connectivity index (χ4v) is 1.75. The Morgan fingerprint density at radius 1 is 1.50 bits per heavy atom.